The first-order chi connectivity index (χ1) is 17.3. The molecule has 0 bridgehead atoms. The molecule has 2 atom stereocenters. The van der Waals surface area contributed by atoms with Crippen LogP contribution >= 0.6 is 35.6 Å². The number of halogens is 3. The lowest BCUT2D eigenvalue weighted by atomic mass is 9.98. The van der Waals surface area contributed by atoms with E-state index >= 15 is 0 Å². The van der Waals surface area contributed by atoms with Crippen LogP contribution in [-0.4, -0.2) is 24.2 Å². The molecule has 4 N–H and O–H groups in total. The monoisotopic (exact) mass is 558 g/mol. The number of hydrogen-bond acceptors (Lipinski definition) is 6. The second-order valence-electron chi connectivity index (χ2n) is 8.52. The van der Waals surface area contributed by atoms with Crippen LogP contribution in [0.4, 0.5) is 0 Å². The van der Waals surface area contributed by atoms with Crippen LogP contribution in [0.2, 0.25) is 10.0 Å². The van der Waals surface area contributed by atoms with E-state index in [0.29, 0.717) is 33.1 Å². The van der Waals surface area contributed by atoms with Crippen molar-refractivity contribution in [2.75, 3.05) is 14.2 Å². The standard InChI is InChI=1S/C28H28Cl2N4O2.ClH/c1-15(31)18-9-8-17(14-24(18)35-3)27-26(30)21(12-13-33-27)20-6-5-7-22(25(20)29)23-11-10-19(16(2)32)28(34-23)36-4;/h5-16H,31-32H2,1-4H3;1H. The molecule has 2 unspecified atom stereocenters. The molecule has 2 aromatic carbocycles. The van der Waals surface area contributed by atoms with Crippen molar-refractivity contribution in [1.82, 2.24) is 9.97 Å². The predicted molar refractivity (Wildman–Crippen MR) is 154 cm³/mol. The minimum Gasteiger partial charge on any atom is -0.496 e. The van der Waals surface area contributed by atoms with Crippen LogP contribution in [0, 0.1) is 0 Å². The fraction of sp³-hybridized carbons (Fsp3) is 0.214. The van der Waals surface area contributed by atoms with Gasteiger partial charge in [0.1, 0.15) is 5.75 Å². The summed E-state index contributed by atoms with van der Waals surface area (Å²) < 4.78 is 11.0. The van der Waals surface area contributed by atoms with E-state index in [1.807, 2.05) is 68.4 Å². The number of methoxy groups -OCH3 is 2. The second-order valence-corrected chi connectivity index (χ2v) is 9.27. The number of benzene rings is 2. The molecule has 0 saturated heterocycles. The Morgan fingerprint density at radius 3 is 2.08 bits per heavy atom. The van der Waals surface area contributed by atoms with Gasteiger partial charge in [0.2, 0.25) is 5.88 Å². The van der Waals surface area contributed by atoms with Crippen molar-refractivity contribution in [3.8, 4) is 45.3 Å². The van der Waals surface area contributed by atoms with Gasteiger partial charge in [0.25, 0.3) is 0 Å². The Morgan fingerprint density at radius 2 is 1.43 bits per heavy atom. The lowest BCUT2D eigenvalue weighted by Crippen LogP contribution is -2.08. The van der Waals surface area contributed by atoms with Crippen LogP contribution in [0.1, 0.15) is 37.1 Å². The molecule has 0 amide bonds. The van der Waals surface area contributed by atoms with Crippen molar-refractivity contribution in [3.63, 3.8) is 0 Å². The van der Waals surface area contributed by atoms with Crippen molar-refractivity contribution in [2.45, 2.75) is 25.9 Å². The highest BCUT2D eigenvalue weighted by atomic mass is 35.5. The van der Waals surface area contributed by atoms with Crippen molar-refractivity contribution in [2.24, 2.45) is 11.5 Å². The minimum absolute atomic E-state index is 0. The third kappa shape index (κ3) is 5.69. The fourth-order valence-corrected chi connectivity index (χ4v) is 4.78. The summed E-state index contributed by atoms with van der Waals surface area (Å²) in [5.41, 5.74) is 18.2. The van der Waals surface area contributed by atoms with Crippen molar-refractivity contribution < 1.29 is 9.47 Å². The van der Waals surface area contributed by atoms with Crippen LogP contribution < -0.4 is 20.9 Å². The van der Waals surface area contributed by atoms with Crippen molar-refractivity contribution in [3.05, 3.63) is 82.0 Å². The van der Waals surface area contributed by atoms with E-state index in [9.17, 15) is 0 Å². The third-order valence-corrected chi connectivity index (χ3v) is 6.81. The summed E-state index contributed by atoms with van der Waals surface area (Å²) in [6, 6.07) is 16.8. The summed E-state index contributed by atoms with van der Waals surface area (Å²) in [5, 5.41) is 0.995. The Morgan fingerprint density at radius 1 is 0.784 bits per heavy atom. The maximum absolute atomic E-state index is 6.93. The number of nitrogens with zero attached hydrogens (tertiary/aromatic N) is 2. The topological polar surface area (TPSA) is 96.3 Å². The molecule has 0 fully saturated rings. The highest BCUT2D eigenvalue weighted by Crippen LogP contribution is 2.42. The molecule has 0 aliphatic carbocycles. The zero-order chi connectivity index (χ0) is 26.0. The molecule has 37 heavy (non-hydrogen) atoms. The number of aromatic nitrogens is 2. The number of nitrogens with two attached hydrogens (primary N) is 2. The van der Waals surface area contributed by atoms with Gasteiger partial charge in [0.05, 0.1) is 35.7 Å². The number of rotatable bonds is 7. The van der Waals surface area contributed by atoms with Gasteiger partial charge in [0.15, 0.2) is 0 Å². The van der Waals surface area contributed by atoms with Gasteiger partial charge in [0, 0.05) is 51.7 Å². The number of pyridine rings is 2. The quantitative estimate of drug-likeness (QED) is 0.247. The normalized spacial score (nSPS) is 12.4. The first kappa shape index (κ1) is 28.7. The van der Waals surface area contributed by atoms with E-state index in [-0.39, 0.29) is 24.5 Å². The maximum atomic E-state index is 6.93. The number of hydrogen-bond donors (Lipinski definition) is 2. The summed E-state index contributed by atoms with van der Waals surface area (Å²) in [6.07, 6.45) is 1.71. The van der Waals surface area contributed by atoms with Gasteiger partial charge in [-0.1, -0.05) is 53.5 Å². The molecule has 6 nitrogen and oxygen atoms in total. The molecular formula is C28H29Cl3N4O2. The molecule has 2 heterocycles. The SMILES string of the molecule is COc1cc(-c2nccc(-c3cccc(-c4ccc(C(C)N)c(OC)n4)c3Cl)c2Cl)ccc1C(C)N.Cl. The summed E-state index contributed by atoms with van der Waals surface area (Å²) in [4.78, 5) is 9.19. The first-order valence-corrected chi connectivity index (χ1v) is 12.2. The van der Waals surface area contributed by atoms with Crippen molar-refractivity contribution >= 4 is 35.6 Å². The molecule has 0 saturated carbocycles. The molecule has 0 spiro atoms. The largest absolute Gasteiger partial charge is 0.496 e. The Hall–Kier alpha value is -2.87. The van der Waals surface area contributed by atoms with Gasteiger partial charge in [-0.15, -0.1) is 12.4 Å². The Balaban J connectivity index is 0.00000380. The van der Waals surface area contributed by atoms with Gasteiger partial charge in [-0.25, -0.2) is 4.98 Å². The lowest BCUT2D eigenvalue weighted by molar-refractivity contribution is 0.390. The average Bonchev–Trinajstić information content (AvgIpc) is 2.88. The summed E-state index contributed by atoms with van der Waals surface area (Å²) in [7, 11) is 3.19. The zero-order valence-electron chi connectivity index (χ0n) is 21.0. The molecule has 2 aromatic heterocycles. The second kappa shape index (κ2) is 12.1. The summed E-state index contributed by atoms with van der Waals surface area (Å²) >= 11 is 13.8. The first-order valence-electron chi connectivity index (χ1n) is 11.4. The Bertz CT molecular complexity index is 1300. The Labute approximate surface area is 233 Å². The Kier molecular flexibility index (Phi) is 9.40. The van der Waals surface area contributed by atoms with Crippen molar-refractivity contribution in [1.29, 1.82) is 0 Å². The van der Waals surface area contributed by atoms with Crippen LogP contribution in [0.25, 0.3) is 33.6 Å². The molecule has 0 aliphatic heterocycles. The number of ether oxygens (including phenoxy) is 2. The molecular weight excluding hydrogens is 531 g/mol. The zero-order valence-corrected chi connectivity index (χ0v) is 23.3. The third-order valence-electron chi connectivity index (χ3n) is 6.03. The van der Waals surface area contributed by atoms with E-state index in [0.717, 1.165) is 33.4 Å². The highest BCUT2D eigenvalue weighted by molar-refractivity contribution is 6.39. The van der Waals surface area contributed by atoms with Crippen LogP contribution in [0.3, 0.4) is 0 Å². The predicted octanol–water partition coefficient (Wildman–Crippen LogP) is 7.26. The van der Waals surface area contributed by atoms with Gasteiger partial charge in [-0.2, -0.15) is 0 Å². The maximum Gasteiger partial charge on any atom is 0.218 e. The highest BCUT2D eigenvalue weighted by Gasteiger charge is 2.19. The van der Waals surface area contributed by atoms with Crippen LogP contribution in [0.5, 0.6) is 11.6 Å². The fourth-order valence-electron chi connectivity index (χ4n) is 4.14. The van der Waals surface area contributed by atoms with E-state index in [1.165, 1.54) is 0 Å². The van der Waals surface area contributed by atoms with Gasteiger partial charge in [-0.3, -0.25) is 4.98 Å². The van der Waals surface area contributed by atoms with E-state index < -0.39 is 0 Å². The molecule has 194 valence electrons. The van der Waals surface area contributed by atoms with E-state index in [2.05, 4.69) is 9.97 Å². The van der Waals surface area contributed by atoms with Gasteiger partial charge < -0.3 is 20.9 Å². The molecule has 4 aromatic rings. The van der Waals surface area contributed by atoms with Crippen LogP contribution in [0.15, 0.2) is 60.8 Å². The molecule has 9 heteroatoms. The lowest BCUT2D eigenvalue weighted by Gasteiger charge is -2.16. The molecule has 0 aliphatic rings. The molecule has 4 rings (SSSR count). The van der Waals surface area contributed by atoms with Crippen LogP contribution in [-0.2, 0) is 0 Å². The summed E-state index contributed by atoms with van der Waals surface area (Å²) in [5.74, 6) is 1.15. The van der Waals surface area contributed by atoms with E-state index in [1.54, 1.807) is 20.4 Å². The minimum atomic E-state index is -0.210. The molecule has 0 radical (unpaired) electrons. The van der Waals surface area contributed by atoms with Gasteiger partial charge >= 0.3 is 0 Å². The van der Waals surface area contributed by atoms with E-state index in [4.69, 9.17) is 44.1 Å². The average molecular weight is 560 g/mol. The summed E-state index contributed by atoms with van der Waals surface area (Å²) in [6.45, 7) is 3.79. The van der Waals surface area contributed by atoms with Gasteiger partial charge in [-0.05, 0) is 38.1 Å². The smallest absolute Gasteiger partial charge is 0.218 e.